The van der Waals surface area contributed by atoms with Gasteiger partial charge in [-0.05, 0) is 30.9 Å². The van der Waals surface area contributed by atoms with E-state index in [9.17, 15) is 0 Å². The summed E-state index contributed by atoms with van der Waals surface area (Å²) < 4.78 is 0. The molecular weight excluding hydrogens is 346 g/mol. The van der Waals surface area contributed by atoms with Crippen molar-refractivity contribution >= 4 is 22.8 Å². The summed E-state index contributed by atoms with van der Waals surface area (Å²) in [6.07, 6.45) is 9.84. The molecule has 1 unspecified atom stereocenters. The third-order valence-corrected chi connectivity index (χ3v) is 4.84. The van der Waals surface area contributed by atoms with Crippen molar-refractivity contribution in [2.24, 2.45) is 0 Å². The SMILES string of the molecule is CCC=C(NCCC(CC)c1nc(C=N)c2ccncc2n1)c1ccccc1. The molecule has 1 atom stereocenters. The highest BCUT2D eigenvalue weighted by molar-refractivity contribution is 5.94. The lowest BCUT2D eigenvalue weighted by Crippen LogP contribution is -2.18. The van der Waals surface area contributed by atoms with E-state index in [0.29, 0.717) is 5.69 Å². The maximum absolute atomic E-state index is 7.70. The Kier molecular flexibility index (Phi) is 6.84. The quantitative estimate of drug-likeness (QED) is 0.521. The second kappa shape index (κ2) is 9.74. The van der Waals surface area contributed by atoms with E-state index in [2.05, 4.69) is 59.5 Å². The van der Waals surface area contributed by atoms with Gasteiger partial charge in [0.25, 0.3) is 0 Å². The average Bonchev–Trinajstić information content (AvgIpc) is 2.75. The van der Waals surface area contributed by atoms with Crippen molar-refractivity contribution in [1.82, 2.24) is 20.3 Å². The predicted octanol–water partition coefficient (Wildman–Crippen LogP) is 4.95. The number of rotatable bonds is 9. The van der Waals surface area contributed by atoms with Gasteiger partial charge >= 0.3 is 0 Å². The van der Waals surface area contributed by atoms with E-state index >= 15 is 0 Å². The van der Waals surface area contributed by atoms with Crippen molar-refractivity contribution < 1.29 is 0 Å². The van der Waals surface area contributed by atoms with Crippen LogP contribution >= 0.6 is 0 Å². The first-order chi connectivity index (χ1) is 13.8. The Hall–Kier alpha value is -3.08. The summed E-state index contributed by atoms with van der Waals surface area (Å²) in [7, 11) is 0. The number of benzene rings is 1. The van der Waals surface area contributed by atoms with Crippen LogP contribution in [-0.4, -0.2) is 27.7 Å². The molecule has 0 saturated heterocycles. The van der Waals surface area contributed by atoms with Gasteiger partial charge in [0.05, 0.1) is 17.4 Å². The monoisotopic (exact) mass is 373 g/mol. The van der Waals surface area contributed by atoms with Gasteiger partial charge in [-0.2, -0.15) is 0 Å². The van der Waals surface area contributed by atoms with Crippen molar-refractivity contribution in [2.45, 2.75) is 39.0 Å². The van der Waals surface area contributed by atoms with Gasteiger partial charge in [0, 0.05) is 36.0 Å². The summed E-state index contributed by atoms with van der Waals surface area (Å²) in [6, 6.07) is 12.3. The largest absolute Gasteiger partial charge is 0.385 e. The number of fused-ring (bicyclic) bond motifs is 1. The van der Waals surface area contributed by atoms with Crippen molar-refractivity contribution in [2.75, 3.05) is 6.54 Å². The minimum Gasteiger partial charge on any atom is -0.385 e. The van der Waals surface area contributed by atoms with Gasteiger partial charge in [-0.25, -0.2) is 9.97 Å². The summed E-state index contributed by atoms with van der Waals surface area (Å²) in [5.41, 5.74) is 3.83. The molecule has 5 heteroatoms. The van der Waals surface area contributed by atoms with Crippen LogP contribution in [-0.2, 0) is 0 Å². The zero-order valence-corrected chi connectivity index (χ0v) is 16.5. The van der Waals surface area contributed by atoms with Gasteiger partial charge in [0.2, 0.25) is 0 Å². The topological polar surface area (TPSA) is 74.6 Å². The van der Waals surface area contributed by atoms with Crippen LogP contribution in [0.1, 0.15) is 56.1 Å². The molecule has 0 amide bonds. The van der Waals surface area contributed by atoms with Gasteiger partial charge < -0.3 is 10.7 Å². The van der Waals surface area contributed by atoms with E-state index in [-0.39, 0.29) is 5.92 Å². The maximum Gasteiger partial charge on any atom is 0.132 e. The van der Waals surface area contributed by atoms with E-state index in [4.69, 9.17) is 10.4 Å². The zero-order chi connectivity index (χ0) is 19.8. The Morgan fingerprint density at radius 2 is 1.96 bits per heavy atom. The smallest absolute Gasteiger partial charge is 0.132 e. The molecule has 0 fully saturated rings. The molecule has 0 aliphatic carbocycles. The van der Waals surface area contributed by atoms with E-state index in [1.807, 2.05) is 12.1 Å². The molecule has 0 saturated carbocycles. The highest BCUT2D eigenvalue weighted by Gasteiger charge is 2.15. The number of allylic oxidation sites excluding steroid dienone is 1. The van der Waals surface area contributed by atoms with Crippen molar-refractivity contribution in [3.8, 4) is 0 Å². The fraction of sp³-hybridized carbons (Fsp3) is 0.304. The first kappa shape index (κ1) is 19.7. The third kappa shape index (κ3) is 4.60. The molecule has 0 aliphatic rings. The minimum absolute atomic E-state index is 0.231. The first-order valence-corrected chi connectivity index (χ1v) is 9.88. The lowest BCUT2D eigenvalue weighted by atomic mass is 10.0. The highest BCUT2D eigenvalue weighted by Crippen LogP contribution is 2.23. The molecular formula is C23H27N5. The molecule has 2 heterocycles. The van der Waals surface area contributed by atoms with Crippen LogP contribution in [0.15, 0.2) is 54.9 Å². The molecule has 2 aromatic heterocycles. The number of pyridine rings is 1. The van der Waals surface area contributed by atoms with E-state index in [1.54, 1.807) is 12.4 Å². The van der Waals surface area contributed by atoms with Crippen LogP contribution in [0.2, 0.25) is 0 Å². The first-order valence-electron chi connectivity index (χ1n) is 9.88. The summed E-state index contributed by atoms with van der Waals surface area (Å²) in [5.74, 6) is 1.03. The van der Waals surface area contributed by atoms with Crippen molar-refractivity contribution in [3.05, 3.63) is 71.9 Å². The minimum atomic E-state index is 0.231. The van der Waals surface area contributed by atoms with Crippen LogP contribution in [0, 0.1) is 5.41 Å². The third-order valence-electron chi connectivity index (χ3n) is 4.84. The van der Waals surface area contributed by atoms with Gasteiger partial charge in [0.1, 0.15) is 5.82 Å². The Bertz CT molecular complexity index is 950. The molecule has 3 rings (SSSR count). The number of hydrogen-bond acceptors (Lipinski definition) is 5. The van der Waals surface area contributed by atoms with Crippen molar-refractivity contribution in [3.63, 3.8) is 0 Å². The van der Waals surface area contributed by atoms with Crippen molar-refractivity contribution in [1.29, 1.82) is 5.41 Å². The Morgan fingerprint density at radius 3 is 2.68 bits per heavy atom. The van der Waals surface area contributed by atoms with Crippen LogP contribution in [0.4, 0.5) is 0 Å². The second-order valence-corrected chi connectivity index (χ2v) is 6.72. The molecule has 0 radical (unpaired) electrons. The van der Waals surface area contributed by atoms with Crippen LogP contribution in [0.5, 0.6) is 0 Å². The fourth-order valence-electron chi connectivity index (χ4n) is 3.33. The molecule has 28 heavy (non-hydrogen) atoms. The highest BCUT2D eigenvalue weighted by atomic mass is 14.9. The molecule has 5 nitrogen and oxygen atoms in total. The normalized spacial score (nSPS) is 12.7. The standard InChI is InChI=1S/C23H27N5/c1-3-8-20(18-9-6-5-7-10-18)26-14-11-17(4-2)23-27-21(15-24)19-12-13-25-16-22(19)28-23/h5-10,12-13,15-17,24,26H,3-4,11,14H2,1-2H3. The molecule has 2 N–H and O–H groups in total. The molecule has 3 aromatic rings. The van der Waals surface area contributed by atoms with E-state index in [0.717, 1.165) is 42.5 Å². The molecule has 1 aromatic carbocycles. The number of aromatic nitrogens is 3. The van der Waals surface area contributed by atoms with E-state index < -0.39 is 0 Å². The molecule has 0 spiro atoms. The van der Waals surface area contributed by atoms with Gasteiger partial charge in [-0.1, -0.05) is 50.3 Å². The molecule has 0 aliphatic heterocycles. The van der Waals surface area contributed by atoms with Gasteiger partial charge in [-0.3, -0.25) is 4.98 Å². The van der Waals surface area contributed by atoms with Gasteiger partial charge in [0.15, 0.2) is 0 Å². The summed E-state index contributed by atoms with van der Waals surface area (Å²) in [4.78, 5) is 13.6. The predicted molar refractivity (Wildman–Crippen MR) is 116 cm³/mol. The van der Waals surface area contributed by atoms with Gasteiger partial charge in [-0.15, -0.1) is 0 Å². The molecule has 0 bridgehead atoms. The lowest BCUT2D eigenvalue weighted by Gasteiger charge is -2.17. The van der Waals surface area contributed by atoms with Crippen LogP contribution in [0.25, 0.3) is 16.6 Å². The number of nitrogens with zero attached hydrogens (tertiary/aromatic N) is 3. The maximum atomic E-state index is 7.70. The number of hydrogen-bond donors (Lipinski definition) is 2. The Balaban J connectivity index is 1.75. The fourth-order valence-corrected chi connectivity index (χ4v) is 3.33. The summed E-state index contributed by atoms with van der Waals surface area (Å²) in [5, 5.41) is 12.2. The summed E-state index contributed by atoms with van der Waals surface area (Å²) >= 11 is 0. The van der Waals surface area contributed by atoms with Crippen LogP contribution in [0.3, 0.4) is 0 Å². The Labute approximate surface area is 166 Å². The molecule has 144 valence electrons. The van der Waals surface area contributed by atoms with Crippen LogP contribution < -0.4 is 5.32 Å². The zero-order valence-electron chi connectivity index (χ0n) is 16.5. The average molecular weight is 374 g/mol. The Morgan fingerprint density at radius 1 is 1.14 bits per heavy atom. The second-order valence-electron chi connectivity index (χ2n) is 6.72. The summed E-state index contributed by atoms with van der Waals surface area (Å²) in [6.45, 7) is 5.15. The lowest BCUT2D eigenvalue weighted by molar-refractivity contribution is 0.565. The van der Waals surface area contributed by atoms with E-state index in [1.165, 1.54) is 17.5 Å². The number of nitrogens with one attached hydrogen (secondary N) is 2.